The number of hydrogen-bond donors (Lipinski definition) is 0. The van der Waals surface area contributed by atoms with Gasteiger partial charge in [0.25, 0.3) is 6.71 Å². The fraction of sp³-hybridized carbons (Fsp3) is 0.276. The SMILES string of the molecule is Cc1cc2c3c(c1)N(c1ccc(C(C)(C)C)cc1)c1cc(C(C)(C)C)ccc1B3c1ccc(C(C)(C)C)cc1N2c1ccc(-c2cccc3c2-c2ccccc2C3(C)C)cc1. The number of hydrogen-bond acceptors (Lipinski definition) is 2. The summed E-state index contributed by atoms with van der Waals surface area (Å²) in [5, 5.41) is 0. The van der Waals surface area contributed by atoms with Gasteiger partial charge in [-0.25, -0.2) is 0 Å². The lowest BCUT2D eigenvalue weighted by atomic mass is 9.33. The first-order valence-corrected chi connectivity index (χ1v) is 22.3. The van der Waals surface area contributed by atoms with E-state index in [1.165, 1.54) is 106 Å². The van der Waals surface area contributed by atoms with Crippen LogP contribution in [0.3, 0.4) is 0 Å². The normalized spacial score (nSPS) is 14.9. The highest BCUT2D eigenvalue weighted by molar-refractivity contribution is 7.00. The van der Waals surface area contributed by atoms with Gasteiger partial charge in [-0.05, 0) is 144 Å². The van der Waals surface area contributed by atoms with E-state index in [0.717, 1.165) is 0 Å². The molecule has 0 atom stereocenters. The molecule has 0 bridgehead atoms. The molecule has 0 saturated carbocycles. The van der Waals surface area contributed by atoms with Gasteiger partial charge in [0.15, 0.2) is 0 Å². The van der Waals surface area contributed by atoms with E-state index < -0.39 is 0 Å². The average Bonchev–Trinajstić information content (AvgIpc) is 3.45. The van der Waals surface area contributed by atoms with Crippen LogP contribution in [0.2, 0.25) is 0 Å². The minimum absolute atomic E-state index is 0.00327. The summed E-state index contributed by atoms with van der Waals surface area (Å²) in [5.41, 5.74) is 24.8. The lowest BCUT2D eigenvalue weighted by Gasteiger charge is -2.45. The molecule has 0 aromatic heterocycles. The molecule has 1 aliphatic carbocycles. The van der Waals surface area contributed by atoms with Gasteiger partial charge in [-0.2, -0.15) is 0 Å². The van der Waals surface area contributed by atoms with Crippen molar-refractivity contribution >= 4 is 57.2 Å². The van der Waals surface area contributed by atoms with Crippen molar-refractivity contribution in [1.82, 2.24) is 0 Å². The van der Waals surface area contributed by atoms with Crippen molar-refractivity contribution < 1.29 is 0 Å². The van der Waals surface area contributed by atoms with Crippen molar-refractivity contribution in [2.24, 2.45) is 0 Å². The number of rotatable bonds is 3. The van der Waals surface area contributed by atoms with E-state index >= 15 is 0 Å². The Labute approximate surface area is 365 Å². The molecule has 0 amide bonds. The topological polar surface area (TPSA) is 6.48 Å². The minimum atomic E-state index is -0.0413. The molecule has 0 spiro atoms. The smallest absolute Gasteiger partial charge is 0.252 e. The highest BCUT2D eigenvalue weighted by Gasteiger charge is 2.44. The number of benzene rings is 7. The molecule has 0 radical (unpaired) electrons. The molecule has 7 aromatic rings. The summed E-state index contributed by atoms with van der Waals surface area (Å²) in [5.74, 6) is 0. The Hall–Kier alpha value is -5.80. The number of anilines is 6. The number of fused-ring (bicyclic) bond motifs is 7. The van der Waals surface area contributed by atoms with Crippen LogP contribution in [0.4, 0.5) is 34.1 Å². The van der Waals surface area contributed by atoms with Crippen molar-refractivity contribution in [3.05, 3.63) is 173 Å². The molecule has 3 aliphatic rings. The fourth-order valence-corrected chi connectivity index (χ4v) is 10.5. The Balaban J connectivity index is 1.20. The van der Waals surface area contributed by atoms with E-state index in [9.17, 15) is 0 Å². The zero-order valence-electron chi connectivity index (χ0n) is 38.3. The van der Waals surface area contributed by atoms with E-state index in [1.807, 2.05) is 0 Å². The zero-order chi connectivity index (χ0) is 43.0. The summed E-state index contributed by atoms with van der Waals surface area (Å²) in [6.07, 6.45) is 0. The second kappa shape index (κ2) is 13.4. The third kappa shape index (κ3) is 6.13. The van der Waals surface area contributed by atoms with Gasteiger partial charge < -0.3 is 9.80 Å². The summed E-state index contributed by atoms with van der Waals surface area (Å²) >= 11 is 0. The predicted molar refractivity (Wildman–Crippen MR) is 264 cm³/mol. The summed E-state index contributed by atoms with van der Waals surface area (Å²) in [6.45, 7) is 27.9. The summed E-state index contributed by atoms with van der Waals surface area (Å²) in [7, 11) is 0. The molecule has 304 valence electrons. The van der Waals surface area contributed by atoms with Crippen molar-refractivity contribution in [2.75, 3.05) is 9.80 Å². The van der Waals surface area contributed by atoms with Crippen LogP contribution in [-0.2, 0) is 21.7 Å². The van der Waals surface area contributed by atoms with Crippen molar-refractivity contribution in [3.8, 4) is 22.3 Å². The van der Waals surface area contributed by atoms with E-state index in [2.05, 4.69) is 232 Å². The van der Waals surface area contributed by atoms with Gasteiger partial charge in [0, 0.05) is 39.5 Å². The summed E-state index contributed by atoms with van der Waals surface area (Å²) < 4.78 is 0. The van der Waals surface area contributed by atoms with Gasteiger partial charge in [-0.15, -0.1) is 0 Å². The van der Waals surface area contributed by atoms with Crippen LogP contribution < -0.4 is 26.2 Å². The fourth-order valence-electron chi connectivity index (χ4n) is 10.5. The van der Waals surface area contributed by atoms with Gasteiger partial charge in [0.05, 0.1) is 0 Å². The highest BCUT2D eigenvalue weighted by Crippen LogP contribution is 2.52. The van der Waals surface area contributed by atoms with Gasteiger partial charge in [-0.3, -0.25) is 0 Å². The molecule has 10 rings (SSSR count). The quantitative estimate of drug-likeness (QED) is 0.164. The zero-order valence-corrected chi connectivity index (χ0v) is 38.3. The standard InChI is InChI=1S/C58H59BN2/c1-36-32-51-54-52(33-36)61(42-28-22-38(23-29-42)55(2,3)4)50-35-40(57(8,9)10)25-31-48(50)59(54)47-30-24-39(56(5,6)7)34-49(47)60(51)41-26-20-37(21-27-41)43-17-15-19-46-53(43)44-16-13-14-18-45(44)58(46,11)12/h13-35H,1-12H3. The molecule has 0 N–H and O–H groups in total. The van der Waals surface area contributed by atoms with Crippen molar-refractivity contribution in [3.63, 3.8) is 0 Å². The van der Waals surface area contributed by atoms with E-state index in [0.29, 0.717) is 0 Å². The molecule has 61 heavy (non-hydrogen) atoms. The first-order chi connectivity index (χ1) is 28.8. The lowest BCUT2D eigenvalue weighted by Crippen LogP contribution is -2.61. The maximum Gasteiger partial charge on any atom is 0.252 e. The van der Waals surface area contributed by atoms with E-state index in [4.69, 9.17) is 0 Å². The van der Waals surface area contributed by atoms with Crippen LogP contribution in [0.1, 0.15) is 110 Å². The van der Waals surface area contributed by atoms with Crippen LogP contribution in [0.5, 0.6) is 0 Å². The predicted octanol–water partition coefficient (Wildman–Crippen LogP) is 13.9. The Morgan fingerprint density at radius 2 is 0.902 bits per heavy atom. The van der Waals surface area contributed by atoms with Crippen LogP contribution in [0.15, 0.2) is 140 Å². The second-order valence-corrected chi connectivity index (χ2v) is 21.6. The molecule has 0 saturated heterocycles. The van der Waals surface area contributed by atoms with Crippen molar-refractivity contribution in [2.45, 2.75) is 105 Å². The molecule has 3 heteroatoms. The van der Waals surface area contributed by atoms with Crippen LogP contribution in [0, 0.1) is 6.92 Å². The molecular weight excluding hydrogens is 735 g/mol. The Morgan fingerprint density at radius 3 is 1.43 bits per heavy atom. The second-order valence-electron chi connectivity index (χ2n) is 21.6. The van der Waals surface area contributed by atoms with Gasteiger partial charge in [0.1, 0.15) is 0 Å². The third-order valence-electron chi connectivity index (χ3n) is 14.0. The molecule has 2 aliphatic heterocycles. The molecule has 2 nitrogen and oxygen atoms in total. The minimum Gasteiger partial charge on any atom is -0.311 e. The summed E-state index contributed by atoms with van der Waals surface area (Å²) in [6, 6.07) is 54.1. The largest absolute Gasteiger partial charge is 0.311 e. The monoisotopic (exact) mass is 794 g/mol. The van der Waals surface area contributed by atoms with Crippen LogP contribution in [-0.4, -0.2) is 6.71 Å². The molecule has 0 fully saturated rings. The Bertz CT molecular complexity index is 2890. The van der Waals surface area contributed by atoms with E-state index in [-0.39, 0.29) is 28.4 Å². The molecule has 7 aromatic carbocycles. The van der Waals surface area contributed by atoms with Crippen LogP contribution >= 0.6 is 0 Å². The molecule has 2 heterocycles. The third-order valence-corrected chi connectivity index (χ3v) is 14.0. The Morgan fingerprint density at radius 1 is 0.443 bits per heavy atom. The molecule has 0 unspecified atom stereocenters. The number of aryl methyl sites for hydroxylation is 1. The highest BCUT2D eigenvalue weighted by atomic mass is 15.2. The maximum atomic E-state index is 2.57. The van der Waals surface area contributed by atoms with Crippen LogP contribution in [0.25, 0.3) is 22.3 Å². The molecular formula is C58H59BN2. The lowest BCUT2D eigenvalue weighted by molar-refractivity contribution is 0.590. The maximum absolute atomic E-state index is 2.57. The Kier molecular flexibility index (Phi) is 8.61. The van der Waals surface area contributed by atoms with Gasteiger partial charge in [-0.1, -0.05) is 167 Å². The first kappa shape index (κ1) is 39.3. The van der Waals surface area contributed by atoms with Gasteiger partial charge in [0.2, 0.25) is 0 Å². The number of nitrogens with zero attached hydrogens (tertiary/aromatic N) is 2. The average molecular weight is 795 g/mol. The van der Waals surface area contributed by atoms with E-state index in [1.54, 1.807) is 0 Å². The van der Waals surface area contributed by atoms with Crippen molar-refractivity contribution in [1.29, 1.82) is 0 Å². The summed E-state index contributed by atoms with van der Waals surface area (Å²) in [4.78, 5) is 5.13. The van der Waals surface area contributed by atoms with Gasteiger partial charge >= 0.3 is 0 Å². The first-order valence-electron chi connectivity index (χ1n) is 22.3.